The van der Waals surface area contributed by atoms with Gasteiger partial charge in [-0.25, -0.2) is 4.79 Å². The van der Waals surface area contributed by atoms with Crippen LogP contribution in [-0.4, -0.2) is 16.9 Å². The summed E-state index contributed by atoms with van der Waals surface area (Å²) in [5, 5.41) is 8.04. The minimum absolute atomic E-state index is 0.0602. The Hall–Kier alpha value is -1.12. The van der Waals surface area contributed by atoms with E-state index in [-0.39, 0.29) is 6.42 Å². The first-order chi connectivity index (χ1) is 4.04. The molecule has 0 radical (unpaired) electrons. The molecule has 0 unspecified atom stereocenters. The zero-order chi connectivity index (χ0) is 7.44. The van der Waals surface area contributed by atoms with Crippen LogP contribution >= 0.6 is 0 Å². The molecule has 0 aliphatic carbocycles. The van der Waals surface area contributed by atoms with Crippen LogP contribution < -0.4 is 0 Å². The summed E-state index contributed by atoms with van der Waals surface area (Å²) < 4.78 is 0. The minimum Gasteiger partial charge on any atom is -0.475 e. The molecule has 0 fully saturated rings. The minimum atomic E-state index is -1.39. The molecule has 0 saturated heterocycles. The topological polar surface area (TPSA) is 54.4 Å². The van der Waals surface area contributed by atoms with Crippen LogP contribution in [-0.2, 0) is 9.59 Å². The van der Waals surface area contributed by atoms with Gasteiger partial charge in [0.25, 0.3) is 0 Å². The van der Waals surface area contributed by atoms with Gasteiger partial charge in [0.05, 0.1) is 0 Å². The molecule has 0 rings (SSSR count). The quantitative estimate of drug-likeness (QED) is 0.447. The highest BCUT2D eigenvalue weighted by Crippen LogP contribution is 1.95. The predicted molar refractivity (Wildman–Crippen MR) is 32.1 cm³/mol. The molecule has 0 heterocycles. The number of hydrogen-bond acceptors (Lipinski definition) is 2. The van der Waals surface area contributed by atoms with Crippen molar-refractivity contribution in [1.29, 1.82) is 0 Å². The number of carboxylic acids is 1. The van der Waals surface area contributed by atoms with E-state index < -0.39 is 11.8 Å². The Balaban J connectivity index is 3.79. The van der Waals surface area contributed by atoms with Gasteiger partial charge in [-0.1, -0.05) is 12.2 Å². The van der Waals surface area contributed by atoms with Crippen LogP contribution in [0.25, 0.3) is 0 Å². The Morgan fingerprint density at radius 1 is 1.56 bits per heavy atom. The van der Waals surface area contributed by atoms with Crippen molar-refractivity contribution in [2.75, 3.05) is 0 Å². The van der Waals surface area contributed by atoms with E-state index in [0.29, 0.717) is 5.57 Å². The van der Waals surface area contributed by atoms with E-state index >= 15 is 0 Å². The van der Waals surface area contributed by atoms with Gasteiger partial charge in [-0.05, 0) is 6.92 Å². The third-order valence-electron chi connectivity index (χ3n) is 0.701. The van der Waals surface area contributed by atoms with Crippen molar-refractivity contribution < 1.29 is 14.7 Å². The number of Topliss-reactive ketones (excluding diaryl/α,β-unsaturated/α-hetero) is 1. The van der Waals surface area contributed by atoms with Gasteiger partial charge in [0.2, 0.25) is 5.78 Å². The Bertz CT molecular complexity index is 158. The first-order valence-corrected chi connectivity index (χ1v) is 2.44. The third kappa shape index (κ3) is 3.46. The normalized spacial score (nSPS) is 8.56. The predicted octanol–water partition coefficient (Wildman–Crippen LogP) is 0.606. The van der Waals surface area contributed by atoms with Crippen molar-refractivity contribution in [2.24, 2.45) is 0 Å². The highest BCUT2D eigenvalue weighted by Gasteiger charge is 2.09. The van der Waals surface area contributed by atoms with Gasteiger partial charge < -0.3 is 5.11 Å². The molecule has 0 amide bonds. The maximum Gasteiger partial charge on any atom is 0.372 e. The first kappa shape index (κ1) is 7.88. The fourth-order valence-electron chi connectivity index (χ4n) is 0.350. The van der Waals surface area contributed by atoms with Crippen LogP contribution in [0.15, 0.2) is 12.2 Å². The number of carbonyl (C=O) groups excluding carboxylic acids is 1. The summed E-state index contributed by atoms with van der Waals surface area (Å²) in [7, 11) is 0. The Labute approximate surface area is 53.0 Å². The van der Waals surface area contributed by atoms with Gasteiger partial charge in [-0.2, -0.15) is 0 Å². The summed E-state index contributed by atoms with van der Waals surface area (Å²) in [6.07, 6.45) is -0.0602. The molecule has 50 valence electrons. The summed E-state index contributed by atoms with van der Waals surface area (Å²) >= 11 is 0. The first-order valence-electron chi connectivity index (χ1n) is 2.44. The van der Waals surface area contributed by atoms with Crippen LogP contribution in [0, 0.1) is 0 Å². The van der Waals surface area contributed by atoms with Crippen LogP contribution in [0.1, 0.15) is 13.3 Å². The van der Waals surface area contributed by atoms with E-state index in [4.69, 9.17) is 5.11 Å². The van der Waals surface area contributed by atoms with Crippen molar-refractivity contribution in [3.8, 4) is 0 Å². The maximum absolute atomic E-state index is 10.3. The van der Waals surface area contributed by atoms with Crippen LogP contribution in [0.3, 0.4) is 0 Å². The molecule has 0 aromatic carbocycles. The molecule has 3 heteroatoms. The molecule has 0 aliphatic rings. The van der Waals surface area contributed by atoms with Gasteiger partial charge in [-0.15, -0.1) is 0 Å². The number of aliphatic carboxylic acids is 1. The van der Waals surface area contributed by atoms with E-state index in [9.17, 15) is 9.59 Å². The van der Waals surface area contributed by atoms with E-state index in [1.807, 2.05) is 0 Å². The second-order valence-electron chi connectivity index (χ2n) is 1.86. The average Bonchev–Trinajstić information content (AvgIpc) is 1.63. The standard InChI is InChI=1S/C6H8O3/c1-4(2)3-5(7)6(8)9/h1,3H2,2H3,(H,8,9). The zero-order valence-corrected chi connectivity index (χ0v) is 5.18. The van der Waals surface area contributed by atoms with Crippen LogP contribution in [0.5, 0.6) is 0 Å². The number of ketones is 1. The van der Waals surface area contributed by atoms with E-state index in [0.717, 1.165) is 0 Å². The average molecular weight is 128 g/mol. The molecule has 0 saturated carbocycles. The van der Waals surface area contributed by atoms with Crippen LogP contribution in [0.2, 0.25) is 0 Å². The van der Waals surface area contributed by atoms with E-state index in [2.05, 4.69) is 6.58 Å². The lowest BCUT2D eigenvalue weighted by Gasteiger charge is -1.90. The molecule has 0 aromatic rings. The summed E-state index contributed by atoms with van der Waals surface area (Å²) in [6.45, 7) is 5.01. The number of carbonyl (C=O) groups is 2. The molecule has 0 aliphatic heterocycles. The highest BCUT2D eigenvalue weighted by molar-refractivity contribution is 6.33. The number of carboxylic acid groups (broad SMARTS) is 1. The highest BCUT2D eigenvalue weighted by atomic mass is 16.4. The molecular formula is C6H8O3. The zero-order valence-electron chi connectivity index (χ0n) is 5.18. The Kier molecular flexibility index (Phi) is 2.64. The van der Waals surface area contributed by atoms with Crippen molar-refractivity contribution >= 4 is 11.8 Å². The van der Waals surface area contributed by atoms with Gasteiger partial charge in [-0.3, -0.25) is 4.79 Å². The van der Waals surface area contributed by atoms with E-state index in [1.165, 1.54) is 0 Å². The lowest BCUT2D eigenvalue weighted by atomic mass is 10.2. The maximum atomic E-state index is 10.3. The van der Waals surface area contributed by atoms with Crippen molar-refractivity contribution in [2.45, 2.75) is 13.3 Å². The Morgan fingerprint density at radius 2 is 2.00 bits per heavy atom. The van der Waals surface area contributed by atoms with Crippen molar-refractivity contribution in [3.05, 3.63) is 12.2 Å². The lowest BCUT2D eigenvalue weighted by molar-refractivity contribution is -0.148. The molecule has 0 bridgehead atoms. The van der Waals surface area contributed by atoms with Gasteiger partial charge >= 0.3 is 5.97 Å². The van der Waals surface area contributed by atoms with Gasteiger partial charge in [0.15, 0.2) is 0 Å². The molecular weight excluding hydrogens is 120 g/mol. The summed E-state index contributed by atoms with van der Waals surface area (Å²) in [5.74, 6) is -2.19. The van der Waals surface area contributed by atoms with Crippen molar-refractivity contribution in [3.63, 3.8) is 0 Å². The number of rotatable bonds is 3. The number of hydrogen-bond donors (Lipinski definition) is 1. The lowest BCUT2D eigenvalue weighted by Crippen LogP contribution is -2.11. The fraction of sp³-hybridized carbons (Fsp3) is 0.333. The largest absolute Gasteiger partial charge is 0.475 e. The molecule has 0 spiro atoms. The molecule has 0 atom stereocenters. The molecule has 3 nitrogen and oxygen atoms in total. The smallest absolute Gasteiger partial charge is 0.372 e. The van der Waals surface area contributed by atoms with Gasteiger partial charge in [0.1, 0.15) is 0 Å². The summed E-state index contributed by atoms with van der Waals surface area (Å²) in [6, 6.07) is 0. The second kappa shape index (κ2) is 3.02. The van der Waals surface area contributed by atoms with Gasteiger partial charge in [0, 0.05) is 6.42 Å². The third-order valence-corrected chi connectivity index (χ3v) is 0.701. The molecule has 1 N–H and O–H groups in total. The SMILES string of the molecule is C=C(C)CC(=O)C(=O)O. The molecule has 0 aromatic heterocycles. The Morgan fingerprint density at radius 3 is 2.11 bits per heavy atom. The van der Waals surface area contributed by atoms with Crippen LogP contribution in [0.4, 0.5) is 0 Å². The van der Waals surface area contributed by atoms with Crippen molar-refractivity contribution in [1.82, 2.24) is 0 Å². The van der Waals surface area contributed by atoms with E-state index in [1.54, 1.807) is 6.92 Å². The summed E-state index contributed by atoms with van der Waals surface area (Å²) in [4.78, 5) is 20.1. The summed E-state index contributed by atoms with van der Waals surface area (Å²) in [5.41, 5.74) is 0.572. The number of allylic oxidation sites excluding steroid dienone is 1. The monoisotopic (exact) mass is 128 g/mol. The second-order valence-corrected chi connectivity index (χ2v) is 1.86. The fourth-order valence-corrected chi connectivity index (χ4v) is 0.350. The molecule has 9 heavy (non-hydrogen) atoms.